The number of benzene rings is 1. The molecule has 2 heterocycles. The Hall–Kier alpha value is -2.94. The number of nitrogens with zero attached hydrogens (tertiary/aromatic N) is 1. The lowest BCUT2D eigenvalue weighted by Crippen LogP contribution is -2.31. The van der Waals surface area contributed by atoms with E-state index in [0.717, 1.165) is 6.07 Å². The second-order valence-electron chi connectivity index (χ2n) is 5.69. The number of carbonyl (C=O) groups is 3. The minimum absolute atomic E-state index is 0.242. The van der Waals surface area contributed by atoms with Crippen LogP contribution in [0.25, 0.3) is 0 Å². The SMILES string of the molecule is O=C(O)C[C@@H](NC(=O)c1cc(N2CCNC2=O)ccc1F)c1cccs1. The molecule has 3 rings (SSSR count). The second kappa shape index (κ2) is 7.52. The summed E-state index contributed by atoms with van der Waals surface area (Å²) < 4.78 is 14.2. The standard InChI is InChI=1S/C17H16FN3O4S/c18-12-4-3-10(21-6-5-19-17(21)25)8-11(12)16(24)20-13(9-15(22)23)14-2-1-7-26-14/h1-4,7-8,13H,5-6,9H2,(H,19,25)(H,20,24)(H,22,23)/t13-/m1/s1. The van der Waals surface area contributed by atoms with Gasteiger partial charge in [-0.25, -0.2) is 9.18 Å². The number of carboxylic acid groups (broad SMARTS) is 1. The molecule has 1 saturated heterocycles. The highest BCUT2D eigenvalue weighted by molar-refractivity contribution is 7.10. The topological polar surface area (TPSA) is 98.7 Å². The van der Waals surface area contributed by atoms with E-state index in [1.807, 2.05) is 0 Å². The van der Waals surface area contributed by atoms with E-state index in [-0.39, 0.29) is 18.0 Å². The summed E-state index contributed by atoms with van der Waals surface area (Å²) in [7, 11) is 0. The number of thiophene rings is 1. The van der Waals surface area contributed by atoms with Gasteiger partial charge in [-0.2, -0.15) is 0 Å². The van der Waals surface area contributed by atoms with E-state index in [2.05, 4.69) is 10.6 Å². The van der Waals surface area contributed by atoms with Crippen LogP contribution in [-0.4, -0.2) is 36.1 Å². The number of amides is 3. The average Bonchev–Trinajstić information content (AvgIpc) is 3.26. The molecule has 0 radical (unpaired) electrons. The fourth-order valence-electron chi connectivity index (χ4n) is 2.70. The largest absolute Gasteiger partial charge is 0.481 e. The molecule has 1 aliphatic heterocycles. The molecule has 0 saturated carbocycles. The number of urea groups is 1. The molecule has 7 nitrogen and oxygen atoms in total. The Morgan fingerprint density at radius 2 is 2.19 bits per heavy atom. The first-order valence-electron chi connectivity index (χ1n) is 7.86. The minimum atomic E-state index is -1.08. The molecule has 3 amide bonds. The van der Waals surface area contributed by atoms with E-state index in [9.17, 15) is 18.8 Å². The van der Waals surface area contributed by atoms with Crippen molar-refractivity contribution in [3.63, 3.8) is 0 Å². The van der Waals surface area contributed by atoms with Crippen molar-refractivity contribution in [3.05, 3.63) is 52.0 Å². The Labute approximate surface area is 152 Å². The number of rotatable bonds is 6. The maximum Gasteiger partial charge on any atom is 0.321 e. The monoisotopic (exact) mass is 377 g/mol. The van der Waals surface area contributed by atoms with Crippen LogP contribution in [0, 0.1) is 5.82 Å². The summed E-state index contributed by atoms with van der Waals surface area (Å²) in [5, 5.41) is 16.0. The zero-order valence-corrected chi connectivity index (χ0v) is 14.4. The molecule has 9 heteroatoms. The van der Waals surface area contributed by atoms with Gasteiger partial charge < -0.3 is 15.7 Å². The first kappa shape index (κ1) is 17.9. The summed E-state index contributed by atoms with van der Waals surface area (Å²) in [4.78, 5) is 37.4. The van der Waals surface area contributed by atoms with Crippen molar-refractivity contribution in [2.45, 2.75) is 12.5 Å². The van der Waals surface area contributed by atoms with E-state index >= 15 is 0 Å². The van der Waals surface area contributed by atoms with E-state index in [1.54, 1.807) is 17.5 Å². The highest BCUT2D eigenvalue weighted by Gasteiger charge is 2.25. The molecule has 1 aliphatic rings. The van der Waals surface area contributed by atoms with Gasteiger partial charge in [-0.15, -0.1) is 11.3 Å². The lowest BCUT2D eigenvalue weighted by Gasteiger charge is -2.18. The average molecular weight is 377 g/mol. The summed E-state index contributed by atoms with van der Waals surface area (Å²) in [6, 6.07) is 6.21. The van der Waals surface area contributed by atoms with Crippen LogP contribution < -0.4 is 15.5 Å². The number of anilines is 1. The number of hydrogen-bond acceptors (Lipinski definition) is 4. The Morgan fingerprint density at radius 3 is 2.81 bits per heavy atom. The normalized spacial score (nSPS) is 14.8. The quantitative estimate of drug-likeness (QED) is 0.720. The molecule has 1 aromatic heterocycles. The van der Waals surface area contributed by atoms with Crippen LogP contribution in [0.2, 0.25) is 0 Å². The predicted octanol–water partition coefficient (Wildman–Crippen LogP) is 2.36. The van der Waals surface area contributed by atoms with Gasteiger partial charge in [-0.05, 0) is 29.6 Å². The highest BCUT2D eigenvalue weighted by atomic mass is 32.1. The number of nitrogens with one attached hydrogen (secondary N) is 2. The number of halogens is 1. The van der Waals surface area contributed by atoms with Crippen molar-refractivity contribution in [1.82, 2.24) is 10.6 Å². The van der Waals surface area contributed by atoms with Crippen LogP contribution in [-0.2, 0) is 4.79 Å². The Kier molecular flexibility index (Phi) is 5.17. The Balaban J connectivity index is 1.84. The van der Waals surface area contributed by atoms with Gasteiger partial charge in [0, 0.05) is 23.7 Å². The molecular weight excluding hydrogens is 361 g/mol. The number of carboxylic acids is 1. The van der Waals surface area contributed by atoms with Crippen molar-refractivity contribution >= 4 is 34.9 Å². The fraction of sp³-hybridized carbons (Fsp3) is 0.235. The van der Waals surface area contributed by atoms with E-state index in [0.29, 0.717) is 23.7 Å². The first-order chi connectivity index (χ1) is 12.5. The van der Waals surface area contributed by atoms with Crippen LogP contribution in [0.1, 0.15) is 27.7 Å². The second-order valence-corrected chi connectivity index (χ2v) is 6.67. The third-order valence-corrected chi connectivity index (χ3v) is 4.92. The molecule has 136 valence electrons. The predicted molar refractivity (Wildman–Crippen MR) is 93.9 cm³/mol. The van der Waals surface area contributed by atoms with Gasteiger partial charge in [0.2, 0.25) is 0 Å². The smallest absolute Gasteiger partial charge is 0.321 e. The van der Waals surface area contributed by atoms with Crippen LogP contribution in [0.5, 0.6) is 0 Å². The van der Waals surface area contributed by atoms with Crippen molar-refractivity contribution in [2.24, 2.45) is 0 Å². The van der Waals surface area contributed by atoms with Crippen LogP contribution in [0.4, 0.5) is 14.9 Å². The van der Waals surface area contributed by atoms with Crippen molar-refractivity contribution in [1.29, 1.82) is 0 Å². The molecule has 0 unspecified atom stereocenters. The third-order valence-electron chi connectivity index (χ3n) is 3.93. The van der Waals surface area contributed by atoms with Gasteiger partial charge in [0.15, 0.2) is 0 Å². The first-order valence-corrected chi connectivity index (χ1v) is 8.74. The number of carbonyl (C=O) groups excluding carboxylic acids is 2. The Morgan fingerprint density at radius 1 is 1.38 bits per heavy atom. The maximum absolute atomic E-state index is 14.2. The van der Waals surface area contributed by atoms with Gasteiger partial charge in [0.05, 0.1) is 18.0 Å². The summed E-state index contributed by atoms with van der Waals surface area (Å²) in [6.45, 7) is 0.888. The molecule has 0 spiro atoms. The molecule has 2 aromatic rings. The van der Waals surface area contributed by atoms with Gasteiger partial charge in [-0.3, -0.25) is 14.5 Å². The summed E-state index contributed by atoms with van der Waals surface area (Å²) in [5.41, 5.74) is 0.159. The van der Waals surface area contributed by atoms with Crippen molar-refractivity contribution < 1.29 is 23.9 Å². The molecule has 0 aliphatic carbocycles. The number of hydrogen-bond donors (Lipinski definition) is 3. The van der Waals surface area contributed by atoms with Crippen molar-refractivity contribution in [2.75, 3.05) is 18.0 Å². The molecule has 1 atom stereocenters. The summed E-state index contributed by atoms with van der Waals surface area (Å²) in [5.74, 6) is -2.55. The fourth-order valence-corrected chi connectivity index (χ4v) is 3.47. The Bertz CT molecular complexity index is 841. The molecule has 1 fully saturated rings. The molecular formula is C17H16FN3O4S. The van der Waals surface area contributed by atoms with Crippen LogP contribution in [0.15, 0.2) is 35.7 Å². The summed E-state index contributed by atoms with van der Waals surface area (Å²) >= 11 is 1.31. The number of aliphatic carboxylic acids is 1. The lowest BCUT2D eigenvalue weighted by molar-refractivity contribution is -0.137. The van der Waals surface area contributed by atoms with E-state index < -0.39 is 23.7 Å². The van der Waals surface area contributed by atoms with Crippen LogP contribution in [0.3, 0.4) is 0 Å². The van der Waals surface area contributed by atoms with Crippen molar-refractivity contribution in [3.8, 4) is 0 Å². The highest BCUT2D eigenvalue weighted by Crippen LogP contribution is 2.25. The third kappa shape index (κ3) is 3.83. The lowest BCUT2D eigenvalue weighted by atomic mass is 10.1. The maximum atomic E-state index is 14.2. The van der Waals surface area contributed by atoms with Gasteiger partial charge >= 0.3 is 12.0 Å². The van der Waals surface area contributed by atoms with Gasteiger partial charge in [0.1, 0.15) is 5.82 Å². The van der Waals surface area contributed by atoms with E-state index in [1.165, 1.54) is 28.4 Å². The summed E-state index contributed by atoms with van der Waals surface area (Å²) in [6.07, 6.45) is -0.317. The van der Waals surface area contributed by atoms with Crippen LogP contribution >= 0.6 is 11.3 Å². The zero-order chi connectivity index (χ0) is 18.7. The van der Waals surface area contributed by atoms with Gasteiger partial charge in [0.25, 0.3) is 5.91 Å². The zero-order valence-electron chi connectivity index (χ0n) is 13.6. The molecule has 3 N–H and O–H groups in total. The van der Waals surface area contributed by atoms with Gasteiger partial charge in [-0.1, -0.05) is 6.07 Å². The molecule has 26 heavy (non-hydrogen) atoms. The minimum Gasteiger partial charge on any atom is -0.481 e. The molecule has 1 aromatic carbocycles. The molecule has 0 bridgehead atoms. The van der Waals surface area contributed by atoms with E-state index in [4.69, 9.17) is 5.11 Å².